The Labute approximate surface area is 152 Å². The largest absolute Gasteiger partial charge is 0.298 e. The minimum absolute atomic E-state index is 0.744. The highest BCUT2D eigenvalue weighted by atomic mass is 32.1. The van der Waals surface area contributed by atoms with Gasteiger partial charge in [0.1, 0.15) is 0 Å². The van der Waals surface area contributed by atoms with Crippen molar-refractivity contribution in [1.29, 1.82) is 0 Å². The number of aldehydes is 2. The van der Waals surface area contributed by atoms with Gasteiger partial charge < -0.3 is 0 Å². The van der Waals surface area contributed by atoms with Crippen LogP contribution in [-0.4, -0.2) is 12.6 Å². The van der Waals surface area contributed by atoms with E-state index in [0.717, 1.165) is 50.1 Å². The van der Waals surface area contributed by atoms with E-state index in [1.165, 1.54) is 28.0 Å². The lowest BCUT2D eigenvalue weighted by atomic mass is 9.92. The SMILES string of the molecule is Cc1cc(-c2cc(C)c(-c3ccc(C=O)s3)c(C)c2)cc(C)c1C=O. The Morgan fingerprint density at radius 3 is 1.68 bits per heavy atom. The van der Waals surface area contributed by atoms with Crippen LogP contribution >= 0.6 is 11.3 Å². The fraction of sp³-hybridized carbons (Fsp3) is 0.182. The highest BCUT2D eigenvalue weighted by Gasteiger charge is 2.12. The Bertz CT molecular complexity index is 933. The van der Waals surface area contributed by atoms with Crippen molar-refractivity contribution in [2.24, 2.45) is 0 Å². The minimum atomic E-state index is 0.744. The topological polar surface area (TPSA) is 34.1 Å². The predicted octanol–water partition coefficient (Wildman–Crippen LogP) is 5.94. The first-order valence-electron chi connectivity index (χ1n) is 8.18. The van der Waals surface area contributed by atoms with Gasteiger partial charge in [0, 0.05) is 10.4 Å². The fourth-order valence-electron chi connectivity index (χ4n) is 3.40. The summed E-state index contributed by atoms with van der Waals surface area (Å²) in [5, 5.41) is 0. The first-order valence-corrected chi connectivity index (χ1v) is 8.99. The van der Waals surface area contributed by atoms with E-state index in [4.69, 9.17) is 0 Å². The molecule has 0 saturated heterocycles. The maximum Gasteiger partial charge on any atom is 0.160 e. The number of benzene rings is 2. The molecule has 0 saturated carbocycles. The van der Waals surface area contributed by atoms with E-state index in [1.807, 2.05) is 26.0 Å². The quantitative estimate of drug-likeness (QED) is 0.547. The number of hydrogen-bond acceptors (Lipinski definition) is 3. The molecule has 2 aromatic carbocycles. The molecule has 25 heavy (non-hydrogen) atoms. The van der Waals surface area contributed by atoms with Crippen LogP contribution in [0.5, 0.6) is 0 Å². The zero-order chi connectivity index (χ0) is 18.1. The molecule has 1 heterocycles. The zero-order valence-corrected chi connectivity index (χ0v) is 15.7. The molecular weight excluding hydrogens is 328 g/mol. The zero-order valence-electron chi connectivity index (χ0n) is 14.8. The molecule has 3 aromatic rings. The number of hydrogen-bond donors (Lipinski definition) is 0. The average molecular weight is 348 g/mol. The van der Waals surface area contributed by atoms with E-state index < -0.39 is 0 Å². The van der Waals surface area contributed by atoms with E-state index in [-0.39, 0.29) is 0 Å². The number of thiophene rings is 1. The molecule has 0 fully saturated rings. The van der Waals surface area contributed by atoms with E-state index in [9.17, 15) is 9.59 Å². The van der Waals surface area contributed by atoms with Gasteiger partial charge in [-0.05, 0) is 78.8 Å². The maximum atomic E-state index is 11.2. The normalized spacial score (nSPS) is 10.7. The Kier molecular flexibility index (Phi) is 4.69. The molecule has 2 nitrogen and oxygen atoms in total. The first-order chi connectivity index (χ1) is 11.9. The van der Waals surface area contributed by atoms with Crippen LogP contribution in [0.4, 0.5) is 0 Å². The molecule has 3 heteroatoms. The van der Waals surface area contributed by atoms with Crippen molar-refractivity contribution < 1.29 is 9.59 Å². The van der Waals surface area contributed by atoms with Crippen molar-refractivity contribution in [1.82, 2.24) is 0 Å². The second-order valence-electron chi connectivity index (χ2n) is 6.45. The van der Waals surface area contributed by atoms with E-state index in [2.05, 4.69) is 38.1 Å². The first kappa shape index (κ1) is 17.3. The lowest BCUT2D eigenvalue weighted by molar-refractivity contribution is 0.111. The van der Waals surface area contributed by atoms with E-state index in [1.54, 1.807) is 0 Å². The van der Waals surface area contributed by atoms with E-state index >= 15 is 0 Å². The number of rotatable bonds is 4. The van der Waals surface area contributed by atoms with Crippen LogP contribution < -0.4 is 0 Å². The number of carbonyl (C=O) groups excluding carboxylic acids is 2. The molecule has 3 rings (SSSR count). The average Bonchev–Trinajstić information content (AvgIpc) is 3.02. The van der Waals surface area contributed by atoms with Crippen molar-refractivity contribution >= 4 is 23.9 Å². The van der Waals surface area contributed by atoms with Crippen molar-refractivity contribution in [3.05, 3.63) is 69.1 Å². The molecule has 0 bridgehead atoms. The Morgan fingerprint density at radius 1 is 0.720 bits per heavy atom. The van der Waals surface area contributed by atoms with Gasteiger partial charge in [0.15, 0.2) is 12.6 Å². The third-order valence-electron chi connectivity index (χ3n) is 4.57. The van der Waals surface area contributed by atoms with Gasteiger partial charge in [-0.2, -0.15) is 0 Å². The molecule has 0 aliphatic carbocycles. The second-order valence-corrected chi connectivity index (χ2v) is 7.56. The Hall–Kier alpha value is -2.52. The molecule has 0 atom stereocenters. The molecule has 0 aliphatic heterocycles. The van der Waals surface area contributed by atoms with Crippen LogP contribution in [-0.2, 0) is 0 Å². The van der Waals surface area contributed by atoms with Crippen LogP contribution in [0, 0.1) is 27.7 Å². The van der Waals surface area contributed by atoms with Crippen LogP contribution in [0.15, 0.2) is 36.4 Å². The Balaban J connectivity index is 2.11. The molecular formula is C22H20O2S. The number of carbonyl (C=O) groups is 2. The molecule has 126 valence electrons. The molecule has 0 amide bonds. The van der Waals surface area contributed by atoms with E-state index in [0.29, 0.717) is 0 Å². The summed E-state index contributed by atoms with van der Waals surface area (Å²) in [6.07, 6.45) is 1.82. The van der Waals surface area contributed by atoms with Crippen LogP contribution in [0.2, 0.25) is 0 Å². The van der Waals surface area contributed by atoms with Crippen LogP contribution in [0.3, 0.4) is 0 Å². The van der Waals surface area contributed by atoms with Crippen molar-refractivity contribution in [3.8, 4) is 21.6 Å². The summed E-state index contributed by atoms with van der Waals surface area (Å²) < 4.78 is 0. The van der Waals surface area contributed by atoms with Gasteiger partial charge in [-0.25, -0.2) is 0 Å². The molecule has 0 unspecified atom stereocenters. The van der Waals surface area contributed by atoms with Crippen LogP contribution in [0.1, 0.15) is 42.3 Å². The second kappa shape index (κ2) is 6.77. The van der Waals surface area contributed by atoms with Gasteiger partial charge >= 0.3 is 0 Å². The summed E-state index contributed by atoms with van der Waals surface area (Å²) in [6.45, 7) is 8.15. The fourth-order valence-corrected chi connectivity index (χ4v) is 4.39. The molecule has 0 spiro atoms. The summed E-state index contributed by atoms with van der Waals surface area (Å²) >= 11 is 1.52. The third-order valence-corrected chi connectivity index (χ3v) is 5.60. The van der Waals surface area contributed by atoms with Crippen LogP contribution in [0.25, 0.3) is 21.6 Å². The van der Waals surface area contributed by atoms with Crippen molar-refractivity contribution in [2.45, 2.75) is 27.7 Å². The van der Waals surface area contributed by atoms with Gasteiger partial charge in [-0.15, -0.1) is 11.3 Å². The highest BCUT2D eigenvalue weighted by Crippen LogP contribution is 2.36. The lowest BCUT2D eigenvalue weighted by Crippen LogP contribution is -1.94. The Morgan fingerprint density at radius 2 is 1.24 bits per heavy atom. The smallest absolute Gasteiger partial charge is 0.160 e. The molecule has 0 N–H and O–H groups in total. The monoisotopic (exact) mass is 348 g/mol. The third kappa shape index (κ3) is 3.20. The van der Waals surface area contributed by atoms with Crippen molar-refractivity contribution in [2.75, 3.05) is 0 Å². The molecule has 0 aliphatic rings. The molecule has 0 radical (unpaired) electrons. The minimum Gasteiger partial charge on any atom is -0.298 e. The summed E-state index contributed by atoms with van der Waals surface area (Å²) in [5.74, 6) is 0. The van der Waals surface area contributed by atoms with Gasteiger partial charge in [0.05, 0.1) is 4.88 Å². The number of aryl methyl sites for hydroxylation is 4. The highest BCUT2D eigenvalue weighted by molar-refractivity contribution is 7.17. The lowest BCUT2D eigenvalue weighted by Gasteiger charge is -2.14. The van der Waals surface area contributed by atoms with Gasteiger partial charge in [0.2, 0.25) is 0 Å². The maximum absolute atomic E-state index is 11.2. The van der Waals surface area contributed by atoms with Gasteiger partial charge in [-0.1, -0.05) is 24.3 Å². The van der Waals surface area contributed by atoms with Crippen molar-refractivity contribution in [3.63, 3.8) is 0 Å². The summed E-state index contributed by atoms with van der Waals surface area (Å²) in [5.41, 5.74) is 8.60. The van der Waals surface area contributed by atoms with Gasteiger partial charge in [0.25, 0.3) is 0 Å². The predicted molar refractivity (Wildman–Crippen MR) is 105 cm³/mol. The molecule has 1 aromatic heterocycles. The summed E-state index contributed by atoms with van der Waals surface area (Å²) in [6, 6.07) is 12.4. The summed E-state index contributed by atoms with van der Waals surface area (Å²) in [7, 11) is 0. The standard InChI is InChI=1S/C22H20O2S/c1-13-7-17(8-14(2)20(13)12-24)18-9-15(3)22(16(4)10-18)21-6-5-19(11-23)25-21/h5-12H,1-4H3. The van der Waals surface area contributed by atoms with Gasteiger partial charge in [-0.3, -0.25) is 9.59 Å². The summed E-state index contributed by atoms with van der Waals surface area (Å²) in [4.78, 5) is 24.0.